The Balaban J connectivity index is 2.65. The number of carbonyl (C=O) groups excluding carboxylic acids is 1. The SMILES string of the molecule is COCCN(OC)C(=O)c1ccccc1. The van der Waals surface area contributed by atoms with E-state index in [9.17, 15) is 4.79 Å². The second-order valence-corrected chi connectivity index (χ2v) is 2.95. The second kappa shape index (κ2) is 6.16. The second-order valence-electron chi connectivity index (χ2n) is 2.95. The number of methoxy groups -OCH3 is 1. The van der Waals surface area contributed by atoms with Gasteiger partial charge in [0, 0.05) is 12.7 Å². The molecule has 1 aromatic rings. The number of rotatable bonds is 5. The molecule has 0 N–H and O–H groups in total. The van der Waals surface area contributed by atoms with Crippen LogP contribution in [0, 0.1) is 0 Å². The summed E-state index contributed by atoms with van der Waals surface area (Å²) < 4.78 is 4.89. The highest BCUT2D eigenvalue weighted by molar-refractivity contribution is 5.93. The van der Waals surface area contributed by atoms with Crippen molar-refractivity contribution in [3.8, 4) is 0 Å². The zero-order valence-electron chi connectivity index (χ0n) is 8.97. The zero-order chi connectivity index (χ0) is 11.1. The fourth-order valence-corrected chi connectivity index (χ4v) is 1.17. The fraction of sp³-hybridized carbons (Fsp3) is 0.364. The molecule has 1 rings (SSSR count). The van der Waals surface area contributed by atoms with Gasteiger partial charge in [-0.1, -0.05) is 18.2 Å². The summed E-state index contributed by atoms with van der Waals surface area (Å²) in [4.78, 5) is 16.8. The molecule has 0 saturated carbocycles. The van der Waals surface area contributed by atoms with Crippen LogP contribution in [0.5, 0.6) is 0 Å². The number of amides is 1. The molecule has 0 atom stereocenters. The number of hydrogen-bond donors (Lipinski definition) is 0. The number of carbonyl (C=O) groups is 1. The minimum absolute atomic E-state index is 0.157. The topological polar surface area (TPSA) is 38.8 Å². The largest absolute Gasteiger partial charge is 0.383 e. The monoisotopic (exact) mass is 209 g/mol. The summed E-state index contributed by atoms with van der Waals surface area (Å²) in [6, 6.07) is 9.00. The summed E-state index contributed by atoms with van der Waals surface area (Å²) in [5.74, 6) is -0.157. The first-order valence-corrected chi connectivity index (χ1v) is 4.69. The van der Waals surface area contributed by atoms with Gasteiger partial charge in [0.15, 0.2) is 0 Å². The zero-order valence-corrected chi connectivity index (χ0v) is 8.97. The Kier molecular flexibility index (Phi) is 4.80. The van der Waals surface area contributed by atoms with E-state index in [0.717, 1.165) is 0 Å². The molecule has 0 aromatic heterocycles. The van der Waals surface area contributed by atoms with Crippen molar-refractivity contribution in [2.75, 3.05) is 27.4 Å². The molecule has 0 radical (unpaired) electrons. The van der Waals surface area contributed by atoms with E-state index in [2.05, 4.69) is 0 Å². The average molecular weight is 209 g/mol. The molecule has 1 aromatic carbocycles. The van der Waals surface area contributed by atoms with Gasteiger partial charge in [-0.2, -0.15) is 0 Å². The van der Waals surface area contributed by atoms with Crippen molar-refractivity contribution in [1.29, 1.82) is 0 Å². The molecule has 0 aliphatic heterocycles. The number of benzene rings is 1. The van der Waals surface area contributed by atoms with Crippen molar-refractivity contribution in [2.24, 2.45) is 0 Å². The van der Waals surface area contributed by atoms with Crippen LogP contribution in [0.4, 0.5) is 0 Å². The maximum absolute atomic E-state index is 11.8. The van der Waals surface area contributed by atoms with Crippen LogP contribution in [0.25, 0.3) is 0 Å². The van der Waals surface area contributed by atoms with Gasteiger partial charge in [0.25, 0.3) is 5.91 Å². The molecule has 0 bridgehead atoms. The summed E-state index contributed by atoms with van der Waals surface area (Å²) in [6.07, 6.45) is 0. The summed E-state index contributed by atoms with van der Waals surface area (Å²) >= 11 is 0. The van der Waals surface area contributed by atoms with Crippen LogP contribution in [0.3, 0.4) is 0 Å². The van der Waals surface area contributed by atoms with E-state index in [1.54, 1.807) is 19.2 Å². The predicted octanol–water partition coefficient (Wildman–Crippen LogP) is 1.34. The van der Waals surface area contributed by atoms with Gasteiger partial charge in [0.05, 0.1) is 20.3 Å². The molecule has 0 fully saturated rings. The van der Waals surface area contributed by atoms with Crippen molar-refractivity contribution >= 4 is 5.91 Å². The lowest BCUT2D eigenvalue weighted by Gasteiger charge is -2.18. The van der Waals surface area contributed by atoms with Crippen LogP contribution in [-0.4, -0.2) is 38.3 Å². The Morgan fingerprint density at radius 1 is 1.27 bits per heavy atom. The Morgan fingerprint density at radius 2 is 1.93 bits per heavy atom. The molecule has 4 heteroatoms. The van der Waals surface area contributed by atoms with Crippen LogP contribution >= 0.6 is 0 Å². The van der Waals surface area contributed by atoms with E-state index in [-0.39, 0.29) is 5.91 Å². The smallest absolute Gasteiger partial charge is 0.277 e. The van der Waals surface area contributed by atoms with Gasteiger partial charge in [0.2, 0.25) is 0 Å². The maximum atomic E-state index is 11.8. The highest BCUT2D eigenvalue weighted by Gasteiger charge is 2.14. The maximum Gasteiger partial charge on any atom is 0.277 e. The fourth-order valence-electron chi connectivity index (χ4n) is 1.17. The Morgan fingerprint density at radius 3 is 2.47 bits per heavy atom. The van der Waals surface area contributed by atoms with Gasteiger partial charge in [-0.15, -0.1) is 0 Å². The van der Waals surface area contributed by atoms with Gasteiger partial charge in [-0.3, -0.25) is 9.63 Å². The van der Waals surface area contributed by atoms with E-state index >= 15 is 0 Å². The van der Waals surface area contributed by atoms with E-state index in [0.29, 0.717) is 18.7 Å². The first-order valence-electron chi connectivity index (χ1n) is 4.69. The summed E-state index contributed by atoms with van der Waals surface area (Å²) in [6.45, 7) is 0.868. The van der Waals surface area contributed by atoms with Crippen molar-refractivity contribution in [3.63, 3.8) is 0 Å². The molecule has 15 heavy (non-hydrogen) atoms. The van der Waals surface area contributed by atoms with Gasteiger partial charge in [-0.05, 0) is 12.1 Å². The Bertz CT molecular complexity index is 300. The quantitative estimate of drug-likeness (QED) is 0.687. The lowest BCUT2D eigenvalue weighted by Crippen LogP contribution is -2.32. The van der Waals surface area contributed by atoms with E-state index in [4.69, 9.17) is 9.57 Å². The van der Waals surface area contributed by atoms with Crippen LogP contribution in [0.1, 0.15) is 10.4 Å². The third kappa shape index (κ3) is 3.34. The molecule has 0 spiro atoms. The minimum atomic E-state index is -0.157. The number of hydroxylamine groups is 2. The highest BCUT2D eigenvalue weighted by Crippen LogP contribution is 2.04. The molecule has 0 heterocycles. The van der Waals surface area contributed by atoms with E-state index in [1.165, 1.54) is 12.2 Å². The first kappa shape index (κ1) is 11.7. The van der Waals surface area contributed by atoms with Crippen molar-refractivity contribution in [2.45, 2.75) is 0 Å². The molecule has 0 aliphatic rings. The minimum Gasteiger partial charge on any atom is -0.383 e. The standard InChI is InChI=1S/C11H15NO3/c1-14-9-8-12(15-2)11(13)10-6-4-3-5-7-10/h3-7H,8-9H2,1-2H3. The Labute approximate surface area is 89.4 Å². The molecule has 4 nitrogen and oxygen atoms in total. The van der Waals surface area contributed by atoms with Gasteiger partial charge in [0.1, 0.15) is 0 Å². The lowest BCUT2D eigenvalue weighted by molar-refractivity contribution is -0.103. The van der Waals surface area contributed by atoms with Crippen LogP contribution in [0.15, 0.2) is 30.3 Å². The number of ether oxygens (including phenoxy) is 1. The van der Waals surface area contributed by atoms with E-state index in [1.807, 2.05) is 18.2 Å². The molecule has 0 unspecified atom stereocenters. The third-order valence-corrected chi connectivity index (χ3v) is 1.97. The molecule has 0 saturated heterocycles. The van der Waals surface area contributed by atoms with Crippen LogP contribution < -0.4 is 0 Å². The molecule has 0 aliphatic carbocycles. The van der Waals surface area contributed by atoms with Crippen LogP contribution in [-0.2, 0) is 9.57 Å². The van der Waals surface area contributed by atoms with Gasteiger partial charge < -0.3 is 4.74 Å². The van der Waals surface area contributed by atoms with Gasteiger partial charge >= 0.3 is 0 Å². The first-order chi connectivity index (χ1) is 7.29. The predicted molar refractivity (Wildman–Crippen MR) is 56.4 cm³/mol. The van der Waals surface area contributed by atoms with Crippen molar-refractivity contribution in [3.05, 3.63) is 35.9 Å². The highest BCUT2D eigenvalue weighted by atomic mass is 16.7. The van der Waals surface area contributed by atoms with Crippen molar-refractivity contribution < 1.29 is 14.4 Å². The number of nitrogens with zero attached hydrogens (tertiary/aromatic N) is 1. The molecular weight excluding hydrogens is 194 g/mol. The average Bonchev–Trinajstić information content (AvgIpc) is 2.31. The third-order valence-electron chi connectivity index (χ3n) is 1.97. The Hall–Kier alpha value is -1.39. The van der Waals surface area contributed by atoms with E-state index < -0.39 is 0 Å². The molecular formula is C11H15NO3. The lowest BCUT2D eigenvalue weighted by atomic mass is 10.2. The summed E-state index contributed by atoms with van der Waals surface area (Å²) in [5.41, 5.74) is 0.607. The summed E-state index contributed by atoms with van der Waals surface area (Å²) in [7, 11) is 3.05. The molecule has 82 valence electrons. The summed E-state index contributed by atoms with van der Waals surface area (Å²) in [5, 5.41) is 1.28. The van der Waals surface area contributed by atoms with Gasteiger partial charge in [-0.25, -0.2) is 5.06 Å². The number of hydrogen-bond acceptors (Lipinski definition) is 3. The molecule has 1 amide bonds. The van der Waals surface area contributed by atoms with Crippen molar-refractivity contribution in [1.82, 2.24) is 5.06 Å². The van der Waals surface area contributed by atoms with Crippen LogP contribution in [0.2, 0.25) is 0 Å². The normalized spacial score (nSPS) is 10.0.